The summed E-state index contributed by atoms with van der Waals surface area (Å²) in [4.78, 5) is 21.3. The number of nitro benzene ring substituents is 2. The topological polar surface area (TPSA) is 86.3 Å². The van der Waals surface area contributed by atoms with E-state index in [9.17, 15) is 20.2 Å². The van der Waals surface area contributed by atoms with E-state index in [-0.39, 0.29) is 26.6 Å². The number of unbranched alkanes of at least 4 members (excludes halogenated alkanes) is 1. The number of nitro groups is 2. The summed E-state index contributed by atoms with van der Waals surface area (Å²) in [5, 5.41) is 22.0. The lowest BCUT2D eigenvalue weighted by atomic mass is 9.62. The zero-order valence-electron chi connectivity index (χ0n) is 24.2. The van der Waals surface area contributed by atoms with Crippen molar-refractivity contribution < 1.29 is 9.85 Å². The maximum absolute atomic E-state index is 11.0. The van der Waals surface area contributed by atoms with Crippen LogP contribution in [0.2, 0.25) is 0 Å². The van der Waals surface area contributed by atoms with Crippen LogP contribution in [0.5, 0.6) is 0 Å². The SMILES string of the molecule is CCCCC1CCC(c2ccc(Cc3ccc([N+](=O)[O-])cc3)cc2)(c2ccc(Cc3ccc([N+](=O)[O-])cc3)cc2)CC1. The van der Waals surface area contributed by atoms with E-state index in [2.05, 4.69) is 55.5 Å². The summed E-state index contributed by atoms with van der Waals surface area (Å²) in [7, 11) is 0. The number of nitrogens with zero attached hydrogens (tertiary/aromatic N) is 2. The predicted molar refractivity (Wildman–Crippen MR) is 167 cm³/mol. The van der Waals surface area contributed by atoms with Crippen molar-refractivity contribution in [3.8, 4) is 0 Å². The van der Waals surface area contributed by atoms with Crippen LogP contribution in [0.25, 0.3) is 0 Å². The van der Waals surface area contributed by atoms with Gasteiger partial charge in [-0.1, -0.05) is 99.0 Å². The van der Waals surface area contributed by atoms with Crippen molar-refractivity contribution in [2.24, 2.45) is 5.92 Å². The zero-order chi connectivity index (χ0) is 29.5. The summed E-state index contributed by atoms with van der Waals surface area (Å²) in [5.41, 5.74) is 7.41. The van der Waals surface area contributed by atoms with Crippen molar-refractivity contribution in [1.82, 2.24) is 0 Å². The van der Waals surface area contributed by atoms with Gasteiger partial charge in [0.15, 0.2) is 0 Å². The van der Waals surface area contributed by atoms with Gasteiger partial charge >= 0.3 is 0 Å². The number of hydrogen-bond donors (Lipinski definition) is 0. The molecule has 6 nitrogen and oxygen atoms in total. The normalized spacial score (nSPS) is 14.9. The molecule has 0 aromatic heterocycles. The molecule has 4 aromatic carbocycles. The fourth-order valence-corrected chi connectivity index (χ4v) is 6.52. The molecule has 4 aromatic rings. The molecule has 42 heavy (non-hydrogen) atoms. The van der Waals surface area contributed by atoms with Gasteiger partial charge in [-0.2, -0.15) is 0 Å². The third kappa shape index (κ3) is 6.76. The van der Waals surface area contributed by atoms with E-state index in [0.29, 0.717) is 0 Å². The molecule has 5 rings (SSSR count). The molecule has 0 aliphatic heterocycles. The van der Waals surface area contributed by atoms with Crippen LogP contribution in [0.15, 0.2) is 97.1 Å². The van der Waals surface area contributed by atoms with Crippen molar-refractivity contribution in [3.05, 3.63) is 151 Å². The first-order valence-corrected chi connectivity index (χ1v) is 15.0. The molecule has 1 aliphatic carbocycles. The first-order valence-electron chi connectivity index (χ1n) is 15.0. The molecule has 0 bridgehead atoms. The number of non-ortho nitro benzene ring substituents is 2. The van der Waals surface area contributed by atoms with Crippen LogP contribution in [0.3, 0.4) is 0 Å². The second-order valence-electron chi connectivity index (χ2n) is 11.8. The van der Waals surface area contributed by atoms with Crippen LogP contribution >= 0.6 is 0 Å². The molecule has 0 radical (unpaired) electrons. The van der Waals surface area contributed by atoms with Gasteiger partial charge < -0.3 is 0 Å². The summed E-state index contributed by atoms with van der Waals surface area (Å²) in [6.45, 7) is 2.27. The summed E-state index contributed by atoms with van der Waals surface area (Å²) < 4.78 is 0. The summed E-state index contributed by atoms with van der Waals surface area (Å²) in [6, 6.07) is 31.6. The highest BCUT2D eigenvalue weighted by molar-refractivity contribution is 5.44. The van der Waals surface area contributed by atoms with Crippen LogP contribution in [-0.2, 0) is 18.3 Å². The van der Waals surface area contributed by atoms with Gasteiger partial charge in [-0.3, -0.25) is 20.2 Å². The van der Waals surface area contributed by atoms with Crippen LogP contribution < -0.4 is 0 Å². The predicted octanol–water partition coefficient (Wildman–Crippen LogP) is 9.35. The Bertz CT molecular complexity index is 1380. The van der Waals surface area contributed by atoms with Crippen molar-refractivity contribution in [3.63, 3.8) is 0 Å². The maximum atomic E-state index is 11.0. The molecule has 0 spiro atoms. The van der Waals surface area contributed by atoms with Crippen LogP contribution in [-0.4, -0.2) is 9.85 Å². The van der Waals surface area contributed by atoms with E-state index in [1.54, 1.807) is 24.3 Å². The van der Waals surface area contributed by atoms with Crippen LogP contribution in [0.1, 0.15) is 85.3 Å². The third-order valence-corrected chi connectivity index (χ3v) is 9.05. The van der Waals surface area contributed by atoms with Crippen molar-refractivity contribution in [2.45, 2.75) is 70.1 Å². The second-order valence-corrected chi connectivity index (χ2v) is 11.8. The molecule has 0 N–H and O–H groups in total. The average molecular weight is 563 g/mol. The minimum Gasteiger partial charge on any atom is -0.258 e. The van der Waals surface area contributed by atoms with Gasteiger partial charge in [0, 0.05) is 29.7 Å². The van der Waals surface area contributed by atoms with Gasteiger partial charge in [0.1, 0.15) is 0 Å². The Morgan fingerprint density at radius 1 is 0.619 bits per heavy atom. The molecular formula is C36H38N2O4. The van der Waals surface area contributed by atoms with E-state index in [1.807, 2.05) is 24.3 Å². The van der Waals surface area contributed by atoms with Crippen molar-refractivity contribution in [2.75, 3.05) is 0 Å². The lowest BCUT2D eigenvalue weighted by molar-refractivity contribution is -0.385. The van der Waals surface area contributed by atoms with Gasteiger partial charge in [0.05, 0.1) is 9.85 Å². The van der Waals surface area contributed by atoms with Gasteiger partial charge in [-0.15, -0.1) is 0 Å². The van der Waals surface area contributed by atoms with Gasteiger partial charge in [-0.25, -0.2) is 0 Å². The van der Waals surface area contributed by atoms with E-state index in [4.69, 9.17) is 0 Å². The lowest BCUT2D eigenvalue weighted by Crippen LogP contribution is -2.33. The Kier molecular flexibility index (Phi) is 9.11. The highest BCUT2D eigenvalue weighted by Crippen LogP contribution is 2.47. The smallest absolute Gasteiger partial charge is 0.258 e. The minimum absolute atomic E-state index is 0.0273. The van der Waals surface area contributed by atoms with Crippen molar-refractivity contribution in [1.29, 1.82) is 0 Å². The summed E-state index contributed by atoms with van der Waals surface area (Å²) >= 11 is 0. The molecular weight excluding hydrogens is 524 g/mol. The largest absolute Gasteiger partial charge is 0.269 e. The Labute approximate surface area is 247 Å². The number of benzene rings is 4. The monoisotopic (exact) mass is 562 g/mol. The third-order valence-electron chi connectivity index (χ3n) is 9.05. The van der Waals surface area contributed by atoms with E-state index in [1.165, 1.54) is 54.4 Å². The second kappa shape index (κ2) is 13.1. The average Bonchev–Trinajstić information content (AvgIpc) is 3.01. The number of rotatable bonds is 11. The molecule has 216 valence electrons. The highest BCUT2D eigenvalue weighted by Gasteiger charge is 2.38. The first-order chi connectivity index (χ1) is 20.4. The summed E-state index contributed by atoms with van der Waals surface area (Å²) in [5.74, 6) is 0.792. The molecule has 1 fully saturated rings. The standard InChI is InChI=1S/C36H38N2O4/c1-2-3-4-27-21-23-36(24-22-27,32-13-5-28(6-14-32)25-30-9-17-34(18-10-30)37(39)40)33-15-7-29(8-16-33)26-31-11-19-35(20-12-31)38(41)42/h5-20,27H,2-4,21-26H2,1H3. The fraction of sp³-hybridized carbons (Fsp3) is 0.333. The summed E-state index contributed by atoms with van der Waals surface area (Å²) in [6.07, 6.45) is 10.1. The number of hydrogen-bond acceptors (Lipinski definition) is 4. The maximum Gasteiger partial charge on any atom is 0.269 e. The van der Waals surface area contributed by atoms with E-state index < -0.39 is 0 Å². The Balaban J connectivity index is 1.36. The molecule has 6 heteroatoms. The highest BCUT2D eigenvalue weighted by atomic mass is 16.6. The van der Waals surface area contributed by atoms with E-state index in [0.717, 1.165) is 42.7 Å². The van der Waals surface area contributed by atoms with Gasteiger partial charge in [-0.05, 0) is 77.8 Å². The lowest BCUT2D eigenvalue weighted by Gasteiger charge is -2.41. The van der Waals surface area contributed by atoms with E-state index >= 15 is 0 Å². The zero-order valence-corrected chi connectivity index (χ0v) is 24.2. The minimum atomic E-state index is -0.364. The molecule has 0 heterocycles. The Morgan fingerprint density at radius 2 is 0.976 bits per heavy atom. The quantitative estimate of drug-likeness (QED) is 0.135. The fourth-order valence-electron chi connectivity index (χ4n) is 6.52. The molecule has 1 aliphatic rings. The molecule has 0 saturated heterocycles. The Morgan fingerprint density at radius 3 is 1.31 bits per heavy atom. The molecule has 0 amide bonds. The molecule has 1 saturated carbocycles. The van der Waals surface area contributed by atoms with Crippen LogP contribution in [0, 0.1) is 26.1 Å². The van der Waals surface area contributed by atoms with Gasteiger partial charge in [0.2, 0.25) is 0 Å². The Hall–Kier alpha value is -4.32. The molecule has 0 atom stereocenters. The van der Waals surface area contributed by atoms with Crippen molar-refractivity contribution >= 4 is 11.4 Å². The van der Waals surface area contributed by atoms with Gasteiger partial charge in [0.25, 0.3) is 11.4 Å². The van der Waals surface area contributed by atoms with Crippen LogP contribution in [0.4, 0.5) is 11.4 Å². The first kappa shape index (κ1) is 29.2. The molecule has 0 unspecified atom stereocenters.